The minimum Gasteiger partial charge on any atom is -0.495 e. The van der Waals surface area contributed by atoms with Crippen molar-refractivity contribution in [2.75, 3.05) is 91.4 Å². The molecule has 1 aliphatic heterocycles. The van der Waals surface area contributed by atoms with Gasteiger partial charge in [0.15, 0.2) is 0 Å². The molecule has 4 aliphatic rings. The summed E-state index contributed by atoms with van der Waals surface area (Å²) in [6.45, 7) is 11.4. The molecule has 12 aromatic rings. The highest BCUT2D eigenvalue weighted by atomic mass is 35.5. The van der Waals surface area contributed by atoms with E-state index in [-0.39, 0.29) is 157 Å². The van der Waals surface area contributed by atoms with Crippen molar-refractivity contribution in [3.8, 4) is 103 Å². The van der Waals surface area contributed by atoms with E-state index in [0.29, 0.717) is 132 Å². The number of halogens is 11. The number of carbonyl (C=O) groups excluding carboxylic acids is 4. The van der Waals surface area contributed by atoms with Crippen LogP contribution in [0.5, 0.6) is 46.0 Å². The first-order valence-corrected chi connectivity index (χ1v) is 46.9. The topological polar surface area (TPSA) is 360 Å². The minimum absolute atomic E-state index is 0.0181. The van der Waals surface area contributed by atoms with Crippen LogP contribution < -0.4 is 86.0 Å². The summed E-state index contributed by atoms with van der Waals surface area (Å²) in [6.07, 6.45) is 25.8. The molecule has 734 valence electrons. The Balaban J connectivity index is 0.000000157. The van der Waals surface area contributed by atoms with Crippen LogP contribution in [0.25, 0.3) is 88.1 Å². The summed E-state index contributed by atoms with van der Waals surface area (Å²) in [7, 11) is 13.4. The highest BCUT2D eigenvalue weighted by molar-refractivity contribution is 6.43. The number of pyridine rings is 2. The number of methoxy groups -OCH3 is 8. The number of fused-ring (bicyclic) bond motifs is 4. The lowest BCUT2D eigenvalue weighted by Crippen LogP contribution is -2.52. The van der Waals surface area contributed by atoms with Gasteiger partial charge >= 0.3 is 0 Å². The normalized spacial score (nSPS) is 17.5. The van der Waals surface area contributed by atoms with Gasteiger partial charge in [-0.2, -0.15) is 0 Å². The third kappa shape index (κ3) is 23.4. The highest BCUT2D eigenvalue weighted by Gasteiger charge is 2.35. The Bertz CT molecular complexity index is 6660. The molecule has 30 nitrogen and oxygen atoms in total. The molecule has 16 rings (SSSR count). The zero-order valence-electron chi connectivity index (χ0n) is 77.1. The molecular formula is C99H97Cl8F3N16O14. The number of aromatic nitrogens is 8. The fourth-order valence-corrected chi connectivity index (χ4v) is 19.9. The van der Waals surface area contributed by atoms with Crippen LogP contribution in [-0.4, -0.2) is 182 Å². The zero-order chi connectivity index (χ0) is 101. The van der Waals surface area contributed by atoms with Gasteiger partial charge in [-0.15, -0.1) is 6.42 Å². The maximum absolute atomic E-state index is 15.7. The second kappa shape index (κ2) is 47.5. The fraction of sp³-hybridized carbons (Fsp3) is 0.313. The Morgan fingerprint density at radius 2 is 0.829 bits per heavy atom. The van der Waals surface area contributed by atoms with E-state index in [0.717, 1.165) is 70.6 Å². The summed E-state index contributed by atoms with van der Waals surface area (Å²) in [5.74, 6) is 3.32. The number of ether oxygens (including phenoxy) is 9. The van der Waals surface area contributed by atoms with Gasteiger partial charge in [0.1, 0.15) is 74.8 Å². The quantitative estimate of drug-likeness (QED) is 0.0175. The van der Waals surface area contributed by atoms with Gasteiger partial charge < -0.3 is 89.7 Å². The van der Waals surface area contributed by atoms with E-state index in [1.807, 2.05) is 0 Å². The fourth-order valence-electron chi connectivity index (χ4n) is 17.0. The number of hydrogen-bond donors (Lipinski definition) is 8. The molecule has 0 bridgehead atoms. The van der Waals surface area contributed by atoms with Crippen LogP contribution in [0.15, 0.2) is 140 Å². The standard InChI is InChI=1S/2C25H25Cl2FN4O3.C25H24Cl2N4O4.C24H23Cl2FN4O4/c1-4-20(33)30-16-7-5-6-8-17(16)31-25-29-12-14-9-13(10-15(28)24(14)32-25)21-22(26)18(34-2)11-19(35-3)23(21)27;1-4-20(33)30-16-7-5-6-8-17(16)32-25-29-12-14-15(31-25)10-9-13(24(14)28)21-22(26)18(34-2)11-19(35-3)23(21)27;1-5-21(32)30-16-8-6-7-15(16)29-20-10-17-13(12-28-20)9-14(25(33)31(17)2)22-23(26)18(34-3)11-19(35-4)24(22)27;1-4-20(32)29-15-5-6-35-11-17(15)31-24-28-10-12-7-13(14(27)8-16(12)30-24)21-22(25)18(33-2)9-19(34-3)23(21)26/h2*4,9-12,16-17H,1,5-8H2,2-3H3,(H,30,33)(H,29,31,32);1,9-12,15-16H,6-8H2,2-4H3,(H,28,29)(H,30,32);4,7-10,15,17H,1,5-6,11H2,2-3H3,(H,29,32)(H,28,30,31)/t2*16-,17+;15-,16+;15-,17+/m0010/s1. The monoisotopic (exact) mass is 2070 g/mol. The first kappa shape index (κ1) is 105. The Morgan fingerprint density at radius 1 is 0.429 bits per heavy atom. The first-order valence-electron chi connectivity index (χ1n) is 43.9. The number of carbonyl (C=O) groups is 4. The molecule has 3 aliphatic carbocycles. The lowest BCUT2D eigenvalue weighted by molar-refractivity contribution is -0.118. The molecule has 0 unspecified atom stereocenters. The Kier molecular flexibility index (Phi) is 35.5. The van der Waals surface area contributed by atoms with Gasteiger partial charge in [-0.3, -0.25) is 24.0 Å². The molecule has 8 N–H and O–H groups in total. The average molecular weight is 2080 g/mol. The van der Waals surface area contributed by atoms with E-state index in [2.05, 4.69) is 103 Å². The lowest BCUT2D eigenvalue weighted by Gasteiger charge is -2.32. The van der Waals surface area contributed by atoms with Gasteiger partial charge in [0.05, 0.1) is 143 Å². The number of anilines is 4. The Labute approximate surface area is 843 Å². The van der Waals surface area contributed by atoms with Crippen molar-refractivity contribution in [3.05, 3.63) is 204 Å². The van der Waals surface area contributed by atoms with Crippen molar-refractivity contribution < 1.29 is 75.0 Å². The maximum atomic E-state index is 15.7. The SMILES string of the molecule is C#CC(=O)N[C@H]1CCC[C@H]1Nc1cc2c(cn1)cc(-c1c(Cl)c(OC)cc(OC)c1Cl)c(=O)n2C.C=CC(=O)N[C@H]1CCCC[C@H]1Nc1ncc2c(F)c(-c3c(Cl)c(OC)cc(OC)c3Cl)ccc2n1.C=CC(=O)N[C@H]1CCCC[C@H]1Nc1ncc2cc(-c3c(Cl)c(OC)cc(OC)c3Cl)cc(F)c2n1.C=CC(=O)N[C@H]1CCOC[C@H]1Nc1ncc2cc(-c3c(Cl)c(OC)cc(OC)c3Cl)c(F)cc2n1. The number of hydrogen-bond acceptors (Lipinski definition) is 25. The second-order valence-corrected chi connectivity index (χ2v) is 35.5. The summed E-state index contributed by atoms with van der Waals surface area (Å²) >= 11 is 52.0. The van der Waals surface area contributed by atoms with Crippen LogP contribution in [0.2, 0.25) is 40.2 Å². The second-order valence-electron chi connectivity index (χ2n) is 32.5. The predicted molar refractivity (Wildman–Crippen MR) is 543 cm³/mol. The minimum atomic E-state index is -0.585. The van der Waals surface area contributed by atoms with Crippen LogP contribution >= 0.6 is 92.8 Å². The molecule has 0 radical (unpaired) electrons. The molecule has 41 heteroatoms. The van der Waals surface area contributed by atoms with Crippen LogP contribution in [0.3, 0.4) is 0 Å². The molecule has 7 aromatic carbocycles. The van der Waals surface area contributed by atoms with Crippen molar-refractivity contribution >= 4 is 184 Å². The van der Waals surface area contributed by atoms with Crippen molar-refractivity contribution in [2.45, 2.75) is 125 Å². The van der Waals surface area contributed by atoms with E-state index in [4.69, 9.17) is 142 Å². The molecule has 1 saturated heterocycles. The van der Waals surface area contributed by atoms with Crippen molar-refractivity contribution in [3.63, 3.8) is 0 Å². The number of nitrogens with one attached hydrogen (secondary N) is 8. The summed E-state index contributed by atoms with van der Waals surface area (Å²) in [4.78, 5) is 91.4. The van der Waals surface area contributed by atoms with Crippen LogP contribution in [-0.2, 0) is 31.0 Å². The van der Waals surface area contributed by atoms with E-state index in [1.165, 1.54) is 110 Å². The summed E-state index contributed by atoms with van der Waals surface area (Å²) in [6, 6.07) is 18.0. The van der Waals surface area contributed by atoms with Gasteiger partial charge in [0, 0.05) is 161 Å². The number of terminal acetylenes is 1. The van der Waals surface area contributed by atoms with E-state index in [1.54, 1.807) is 74.0 Å². The third-order valence-electron chi connectivity index (χ3n) is 24.2. The smallest absolute Gasteiger partial charge is 0.295 e. The maximum Gasteiger partial charge on any atom is 0.295 e. The lowest BCUT2D eigenvalue weighted by atomic mass is 9.90. The Morgan fingerprint density at radius 3 is 1.32 bits per heavy atom. The van der Waals surface area contributed by atoms with Crippen molar-refractivity contribution in [1.29, 1.82) is 0 Å². The van der Waals surface area contributed by atoms with Gasteiger partial charge in [-0.25, -0.2) is 48.1 Å². The van der Waals surface area contributed by atoms with Gasteiger partial charge in [0.2, 0.25) is 35.6 Å². The van der Waals surface area contributed by atoms with Gasteiger partial charge in [0.25, 0.3) is 11.5 Å². The van der Waals surface area contributed by atoms with Crippen molar-refractivity contribution in [1.82, 2.24) is 60.7 Å². The number of benzene rings is 7. The molecule has 3 saturated carbocycles. The summed E-state index contributed by atoms with van der Waals surface area (Å²) in [5.41, 5.74) is 3.57. The van der Waals surface area contributed by atoms with Gasteiger partial charge in [-0.05, 0) is 117 Å². The molecule has 4 fully saturated rings. The van der Waals surface area contributed by atoms with E-state index >= 15 is 13.2 Å². The number of nitrogens with zero attached hydrogens (tertiary/aromatic N) is 8. The van der Waals surface area contributed by atoms with Crippen LogP contribution in [0.1, 0.15) is 77.0 Å². The van der Waals surface area contributed by atoms with Crippen LogP contribution in [0.4, 0.5) is 36.8 Å². The highest BCUT2D eigenvalue weighted by Crippen LogP contribution is 2.52. The average Bonchev–Trinajstić information content (AvgIpc) is 0.797. The molecule has 5 aromatic heterocycles. The number of amides is 4. The summed E-state index contributed by atoms with van der Waals surface area (Å²) in [5, 5.41) is 28.2. The molecule has 140 heavy (non-hydrogen) atoms. The van der Waals surface area contributed by atoms with E-state index in [9.17, 15) is 24.0 Å². The van der Waals surface area contributed by atoms with Gasteiger partial charge in [-0.1, -0.05) is 138 Å². The van der Waals surface area contributed by atoms with Crippen LogP contribution in [0, 0.1) is 29.8 Å². The van der Waals surface area contributed by atoms with E-state index < -0.39 is 23.4 Å². The predicted octanol–water partition coefficient (Wildman–Crippen LogP) is 20.2. The largest absolute Gasteiger partial charge is 0.495 e. The molecule has 8 atom stereocenters. The third-order valence-corrected chi connectivity index (χ3v) is 27.2. The number of aryl methyl sites for hydroxylation is 1. The molecular weight excluding hydrogens is 1980 g/mol. The molecule has 0 spiro atoms. The molecule has 6 heterocycles. The first-order chi connectivity index (χ1) is 67.4. The zero-order valence-corrected chi connectivity index (χ0v) is 83.2. The number of rotatable bonds is 27. The van der Waals surface area contributed by atoms with Crippen molar-refractivity contribution in [2.24, 2.45) is 7.05 Å². The molecule has 4 amide bonds. The summed E-state index contributed by atoms with van der Waals surface area (Å²) < 4.78 is 95.8. The Hall–Kier alpha value is -12.8.